The molecule has 0 saturated heterocycles. The highest BCUT2D eigenvalue weighted by molar-refractivity contribution is 7.89. The summed E-state index contributed by atoms with van der Waals surface area (Å²) in [6.07, 6.45) is 0. The van der Waals surface area contributed by atoms with E-state index in [9.17, 15) is 8.42 Å². The van der Waals surface area contributed by atoms with Gasteiger partial charge in [-0.05, 0) is 31.2 Å². The molecule has 0 bridgehead atoms. The van der Waals surface area contributed by atoms with Crippen LogP contribution in [0.5, 0.6) is 0 Å². The van der Waals surface area contributed by atoms with Crippen molar-refractivity contribution in [2.45, 2.75) is 25.3 Å². The first-order valence-electron chi connectivity index (χ1n) is 6.26. The van der Waals surface area contributed by atoms with Crippen LogP contribution in [0.3, 0.4) is 0 Å². The number of aromatic nitrogens is 1. The Labute approximate surface area is 123 Å². The van der Waals surface area contributed by atoms with Gasteiger partial charge in [-0.25, -0.2) is 18.1 Å². The van der Waals surface area contributed by atoms with E-state index < -0.39 is 10.0 Å². The Morgan fingerprint density at radius 3 is 2.50 bits per heavy atom. The fraction of sp³-hybridized carbons (Fsp3) is 0.308. The van der Waals surface area contributed by atoms with Crippen LogP contribution in [-0.4, -0.2) is 19.9 Å². The van der Waals surface area contributed by atoms with Crippen molar-refractivity contribution >= 4 is 27.0 Å². The zero-order chi connectivity index (χ0) is 14.6. The van der Waals surface area contributed by atoms with Crippen LogP contribution in [-0.2, 0) is 16.6 Å². The van der Waals surface area contributed by atoms with Crippen LogP contribution in [0, 0.1) is 6.92 Å². The zero-order valence-electron chi connectivity index (χ0n) is 11.4. The lowest BCUT2D eigenvalue weighted by atomic mass is 10.3. The average molecular weight is 311 g/mol. The van der Waals surface area contributed by atoms with Gasteiger partial charge in [0, 0.05) is 23.3 Å². The van der Waals surface area contributed by atoms with Crippen LogP contribution in [0.2, 0.25) is 0 Å². The Kier molecular flexibility index (Phi) is 4.74. The smallest absolute Gasteiger partial charge is 0.240 e. The van der Waals surface area contributed by atoms with Gasteiger partial charge in [0.15, 0.2) is 0 Å². The number of benzene rings is 1. The highest BCUT2D eigenvalue weighted by Gasteiger charge is 2.11. The van der Waals surface area contributed by atoms with Gasteiger partial charge in [0.05, 0.1) is 11.4 Å². The highest BCUT2D eigenvalue weighted by Crippen LogP contribution is 2.16. The summed E-state index contributed by atoms with van der Waals surface area (Å²) < 4.78 is 26.0. The van der Waals surface area contributed by atoms with Crippen molar-refractivity contribution in [1.29, 1.82) is 0 Å². The van der Waals surface area contributed by atoms with Gasteiger partial charge >= 0.3 is 0 Å². The molecule has 5 nitrogen and oxygen atoms in total. The average Bonchev–Trinajstić information content (AvgIpc) is 2.83. The highest BCUT2D eigenvalue weighted by atomic mass is 32.2. The molecule has 0 aliphatic carbocycles. The molecule has 0 aliphatic rings. The van der Waals surface area contributed by atoms with Crippen LogP contribution in [0.15, 0.2) is 34.5 Å². The second-order valence-electron chi connectivity index (χ2n) is 4.26. The number of rotatable bonds is 6. The molecule has 108 valence electrons. The quantitative estimate of drug-likeness (QED) is 0.859. The first-order valence-corrected chi connectivity index (χ1v) is 8.62. The number of sulfonamides is 1. The SMILES string of the molecule is CCNS(=O)(=O)c1ccc(NCc2nc(C)cs2)cc1. The number of nitrogens with one attached hydrogen (secondary N) is 2. The molecule has 0 fully saturated rings. The molecular formula is C13H17N3O2S2. The molecule has 2 aromatic rings. The van der Waals surface area contributed by atoms with Crippen molar-refractivity contribution < 1.29 is 8.42 Å². The third-order valence-corrected chi connectivity index (χ3v) is 5.14. The molecule has 1 heterocycles. The van der Waals surface area contributed by atoms with E-state index in [0.717, 1.165) is 16.4 Å². The fourth-order valence-electron chi connectivity index (χ4n) is 1.69. The molecule has 20 heavy (non-hydrogen) atoms. The van der Waals surface area contributed by atoms with E-state index in [1.54, 1.807) is 42.5 Å². The minimum absolute atomic E-state index is 0.273. The van der Waals surface area contributed by atoms with Gasteiger partial charge in [0.2, 0.25) is 10.0 Å². The van der Waals surface area contributed by atoms with Gasteiger partial charge in [-0.1, -0.05) is 6.92 Å². The number of nitrogens with zero attached hydrogens (tertiary/aromatic N) is 1. The first-order chi connectivity index (χ1) is 9.51. The lowest BCUT2D eigenvalue weighted by Gasteiger charge is -2.07. The van der Waals surface area contributed by atoms with Crippen LogP contribution in [0.4, 0.5) is 5.69 Å². The Hall–Kier alpha value is -1.44. The van der Waals surface area contributed by atoms with E-state index in [2.05, 4.69) is 15.0 Å². The van der Waals surface area contributed by atoms with Crippen molar-refractivity contribution in [1.82, 2.24) is 9.71 Å². The summed E-state index contributed by atoms with van der Waals surface area (Å²) in [5, 5.41) is 6.23. The lowest BCUT2D eigenvalue weighted by Crippen LogP contribution is -2.23. The van der Waals surface area contributed by atoms with E-state index >= 15 is 0 Å². The van der Waals surface area contributed by atoms with Crippen molar-refractivity contribution in [3.05, 3.63) is 40.3 Å². The molecule has 0 saturated carbocycles. The maximum Gasteiger partial charge on any atom is 0.240 e. The molecule has 2 rings (SSSR count). The number of hydrogen-bond acceptors (Lipinski definition) is 5. The Bertz CT molecular complexity index is 663. The van der Waals surface area contributed by atoms with Crippen LogP contribution in [0.1, 0.15) is 17.6 Å². The van der Waals surface area contributed by atoms with E-state index in [-0.39, 0.29) is 4.90 Å². The maximum atomic E-state index is 11.8. The van der Waals surface area contributed by atoms with Gasteiger partial charge in [-0.2, -0.15) is 0 Å². The molecule has 1 aromatic heterocycles. The molecule has 0 atom stereocenters. The minimum atomic E-state index is -3.38. The minimum Gasteiger partial charge on any atom is -0.379 e. The van der Waals surface area contributed by atoms with E-state index in [1.807, 2.05) is 12.3 Å². The zero-order valence-corrected chi connectivity index (χ0v) is 13.0. The van der Waals surface area contributed by atoms with Crippen molar-refractivity contribution in [3.63, 3.8) is 0 Å². The van der Waals surface area contributed by atoms with E-state index in [4.69, 9.17) is 0 Å². The summed E-state index contributed by atoms with van der Waals surface area (Å²) in [7, 11) is -3.38. The van der Waals surface area contributed by atoms with Gasteiger partial charge in [0.25, 0.3) is 0 Å². The summed E-state index contributed by atoms with van der Waals surface area (Å²) in [6, 6.07) is 6.69. The molecule has 0 spiro atoms. The third kappa shape index (κ3) is 3.78. The van der Waals surface area contributed by atoms with Gasteiger partial charge in [-0.15, -0.1) is 11.3 Å². The second kappa shape index (κ2) is 6.34. The molecular weight excluding hydrogens is 294 g/mol. The number of hydrogen-bond donors (Lipinski definition) is 2. The summed E-state index contributed by atoms with van der Waals surface area (Å²) in [5.74, 6) is 0. The number of anilines is 1. The molecule has 0 aliphatic heterocycles. The molecule has 7 heteroatoms. The second-order valence-corrected chi connectivity index (χ2v) is 6.97. The largest absolute Gasteiger partial charge is 0.379 e. The predicted octanol–water partition coefficient (Wildman–Crippen LogP) is 2.36. The Morgan fingerprint density at radius 1 is 1.25 bits per heavy atom. The van der Waals surface area contributed by atoms with Gasteiger partial charge in [-0.3, -0.25) is 0 Å². The van der Waals surface area contributed by atoms with Crippen molar-refractivity contribution in [2.75, 3.05) is 11.9 Å². The summed E-state index contributed by atoms with van der Waals surface area (Å²) in [6.45, 7) is 4.73. The molecule has 0 amide bonds. The lowest BCUT2D eigenvalue weighted by molar-refractivity contribution is 0.584. The normalized spacial score (nSPS) is 11.5. The molecule has 2 N–H and O–H groups in total. The Morgan fingerprint density at radius 2 is 1.95 bits per heavy atom. The Balaban J connectivity index is 2.01. The van der Waals surface area contributed by atoms with Gasteiger partial charge in [0.1, 0.15) is 5.01 Å². The van der Waals surface area contributed by atoms with Crippen LogP contribution in [0.25, 0.3) is 0 Å². The third-order valence-electron chi connectivity index (χ3n) is 2.61. The number of thiazole rings is 1. The summed E-state index contributed by atoms with van der Waals surface area (Å²) in [4.78, 5) is 4.63. The van der Waals surface area contributed by atoms with Crippen molar-refractivity contribution in [2.24, 2.45) is 0 Å². The van der Waals surface area contributed by atoms with Crippen LogP contribution >= 0.6 is 11.3 Å². The fourth-order valence-corrected chi connectivity index (χ4v) is 3.44. The van der Waals surface area contributed by atoms with Gasteiger partial charge < -0.3 is 5.32 Å². The summed E-state index contributed by atoms with van der Waals surface area (Å²) >= 11 is 1.60. The van der Waals surface area contributed by atoms with E-state index in [1.165, 1.54) is 0 Å². The molecule has 0 unspecified atom stereocenters. The standard InChI is InChI=1S/C13H17N3O2S2/c1-3-15-20(17,18)12-6-4-11(5-7-12)14-8-13-16-10(2)9-19-13/h4-7,9,14-15H,3,8H2,1-2H3. The maximum absolute atomic E-state index is 11.8. The molecule has 1 aromatic carbocycles. The number of aryl methyl sites for hydroxylation is 1. The topological polar surface area (TPSA) is 71.1 Å². The van der Waals surface area contributed by atoms with E-state index in [0.29, 0.717) is 13.1 Å². The summed E-state index contributed by atoms with van der Waals surface area (Å²) in [5.41, 5.74) is 1.88. The van der Waals surface area contributed by atoms with Crippen molar-refractivity contribution in [3.8, 4) is 0 Å². The predicted molar refractivity (Wildman–Crippen MR) is 81.5 cm³/mol. The monoisotopic (exact) mass is 311 g/mol. The van der Waals surface area contributed by atoms with Crippen LogP contribution < -0.4 is 10.0 Å². The molecule has 0 radical (unpaired) electrons. The first kappa shape index (κ1) is 15.0.